The highest BCUT2D eigenvalue weighted by molar-refractivity contribution is 6.20. The van der Waals surface area contributed by atoms with Gasteiger partial charge in [0.2, 0.25) is 0 Å². The zero-order chi connectivity index (χ0) is 20.0. The van der Waals surface area contributed by atoms with Crippen LogP contribution in [0, 0.1) is 0 Å². The highest BCUT2D eigenvalue weighted by atomic mass is 16.5. The van der Waals surface area contributed by atoms with Crippen molar-refractivity contribution in [2.75, 3.05) is 25.7 Å². The summed E-state index contributed by atoms with van der Waals surface area (Å²) in [5, 5.41) is 0. The molecule has 2 aromatic rings. The third kappa shape index (κ3) is 2.42. The minimum Gasteiger partial charge on any atom is -0.497 e. The molecule has 0 unspecified atom stereocenters. The molecule has 0 amide bonds. The van der Waals surface area contributed by atoms with Gasteiger partial charge in [0, 0.05) is 24.0 Å². The Balaban J connectivity index is 1.85. The first-order valence-electron chi connectivity index (χ1n) is 9.62. The van der Waals surface area contributed by atoms with Crippen LogP contribution in [0.15, 0.2) is 95.9 Å². The lowest BCUT2D eigenvalue weighted by Crippen LogP contribution is -2.31. The molecule has 0 saturated carbocycles. The molecular weight excluding hydrogens is 362 g/mol. The predicted molar refractivity (Wildman–Crippen MR) is 113 cm³/mol. The lowest BCUT2D eigenvalue weighted by atomic mass is 9.71. The first-order valence-corrected chi connectivity index (χ1v) is 9.62. The van der Waals surface area contributed by atoms with Crippen LogP contribution in [0.2, 0.25) is 0 Å². The van der Waals surface area contributed by atoms with E-state index in [4.69, 9.17) is 9.47 Å². The Morgan fingerprint density at radius 1 is 1.03 bits per heavy atom. The van der Waals surface area contributed by atoms with Crippen molar-refractivity contribution >= 4 is 17.2 Å². The van der Waals surface area contributed by atoms with Crippen LogP contribution in [-0.2, 0) is 19.7 Å². The van der Waals surface area contributed by atoms with Gasteiger partial charge in [0.05, 0.1) is 18.1 Å². The predicted octanol–water partition coefficient (Wildman–Crippen LogP) is 4.37. The Morgan fingerprint density at radius 2 is 1.79 bits per heavy atom. The lowest BCUT2D eigenvalue weighted by molar-refractivity contribution is -0.134. The van der Waals surface area contributed by atoms with Crippen LogP contribution in [0.25, 0.3) is 5.57 Å². The van der Waals surface area contributed by atoms with E-state index < -0.39 is 5.41 Å². The lowest BCUT2D eigenvalue weighted by Gasteiger charge is -2.31. The van der Waals surface area contributed by atoms with Gasteiger partial charge in [-0.3, -0.25) is 0 Å². The molecule has 0 fully saturated rings. The minimum absolute atomic E-state index is 0.259. The number of methoxy groups -OCH3 is 1. The fraction of sp³-hybridized carbons (Fsp3) is 0.160. The van der Waals surface area contributed by atoms with Crippen LogP contribution < -0.4 is 4.90 Å². The van der Waals surface area contributed by atoms with Crippen LogP contribution in [0.5, 0.6) is 0 Å². The van der Waals surface area contributed by atoms with Gasteiger partial charge in [-0.05, 0) is 35.4 Å². The number of carbonyl (C=O) groups excluding carboxylic acids is 1. The van der Waals surface area contributed by atoms with Gasteiger partial charge in [0.15, 0.2) is 0 Å². The molecule has 4 nitrogen and oxygen atoms in total. The molecule has 3 aliphatic rings. The Kier molecular flexibility index (Phi) is 3.95. The fourth-order valence-electron chi connectivity index (χ4n) is 4.64. The van der Waals surface area contributed by atoms with E-state index in [1.54, 1.807) is 7.11 Å². The maximum absolute atomic E-state index is 12.8. The Bertz CT molecular complexity index is 1120. The number of hydrogen-bond acceptors (Lipinski definition) is 4. The number of para-hydroxylation sites is 1. The number of cyclic esters (lactones) is 1. The zero-order valence-electron chi connectivity index (χ0n) is 16.4. The first kappa shape index (κ1) is 17.6. The number of anilines is 1. The quantitative estimate of drug-likeness (QED) is 0.738. The second kappa shape index (κ2) is 6.52. The number of rotatable bonds is 3. The summed E-state index contributed by atoms with van der Waals surface area (Å²) in [5.74, 6) is 0.494. The van der Waals surface area contributed by atoms with Crippen LogP contribution in [0.4, 0.5) is 5.69 Å². The molecule has 5 rings (SSSR count). The topological polar surface area (TPSA) is 38.8 Å². The molecule has 1 atom stereocenters. The summed E-state index contributed by atoms with van der Waals surface area (Å²) in [6.45, 7) is 0.259. The summed E-state index contributed by atoms with van der Waals surface area (Å²) in [5.41, 5.74) is 5.21. The standard InChI is InChI=1S/C25H21NO3/c1-26-21-11-7-6-10-19(21)25(15-14-18(28-2)12-13-22(25)26)20-16-29-24(27)23(20)17-8-4-3-5-9-17/h3-15H,16H2,1-2H3/t25-/m0/s1. The van der Waals surface area contributed by atoms with E-state index in [0.717, 1.165) is 33.8 Å². The first-order chi connectivity index (χ1) is 14.2. The number of hydrogen-bond donors (Lipinski definition) is 0. The molecule has 0 aromatic heterocycles. The summed E-state index contributed by atoms with van der Waals surface area (Å²) >= 11 is 0. The van der Waals surface area contributed by atoms with Gasteiger partial charge in [0.1, 0.15) is 12.4 Å². The minimum atomic E-state index is -0.598. The second-order valence-electron chi connectivity index (χ2n) is 7.34. The van der Waals surface area contributed by atoms with E-state index in [1.165, 1.54) is 0 Å². The number of nitrogens with zero attached hydrogens (tertiary/aromatic N) is 1. The van der Waals surface area contributed by atoms with Gasteiger partial charge in [-0.1, -0.05) is 54.6 Å². The SMILES string of the molecule is COC1=CC=C2N(C)c3ccccc3[C@]2(C2=C(c3ccccc3)C(=O)OC2)C=C1. The van der Waals surface area contributed by atoms with Crippen molar-refractivity contribution < 1.29 is 14.3 Å². The number of allylic oxidation sites excluding steroid dienone is 4. The van der Waals surface area contributed by atoms with Crippen molar-refractivity contribution in [3.05, 3.63) is 107 Å². The van der Waals surface area contributed by atoms with Gasteiger partial charge in [-0.15, -0.1) is 0 Å². The van der Waals surface area contributed by atoms with Crippen molar-refractivity contribution in [1.29, 1.82) is 0 Å². The van der Waals surface area contributed by atoms with Crippen molar-refractivity contribution in [3.8, 4) is 0 Å². The molecule has 1 aliphatic carbocycles. The van der Waals surface area contributed by atoms with Gasteiger partial charge < -0.3 is 14.4 Å². The summed E-state index contributed by atoms with van der Waals surface area (Å²) in [6.07, 6.45) is 8.18. The maximum Gasteiger partial charge on any atom is 0.339 e. The van der Waals surface area contributed by atoms with Crippen molar-refractivity contribution in [2.45, 2.75) is 5.41 Å². The summed E-state index contributed by atoms with van der Waals surface area (Å²) in [6, 6.07) is 18.1. The van der Waals surface area contributed by atoms with E-state index in [-0.39, 0.29) is 12.6 Å². The molecule has 0 radical (unpaired) electrons. The Hall–Kier alpha value is -3.53. The third-order valence-corrected chi connectivity index (χ3v) is 5.99. The molecular formula is C25H21NO3. The number of ether oxygens (including phenoxy) is 2. The Labute approximate surface area is 170 Å². The summed E-state index contributed by atoms with van der Waals surface area (Å²) < 4.78 is 11.1. The molecule has 2 heterocycles. The molecule has 0 bridgehead atoms. The monoisotopic (exact) mass is 383 g/mol. The van der Waals surface area contributed by atoms with Crippen molar-refractivity contribution in [3.63, 3.8) is 0 Å². The largest absolute Gasteiger partial charge is 0.497 e. The number of carbonyl (C=O) groups is 1. The van der Waals surface area contributed by atoms with Crippen molar-refractivity contribution in [2.24, 2.45) is 0 Å². The molecule has 0 N–H and O–H groups in total. The van der Waals surface area contributed by atoms with Gasteiger partial charge >= 0.3 is 5.97 Å². The van der Waals surface area contributed by atoms with Gasteiger partial charge in [-0.2, -0.15) is 0 Å². The Morgan fingerprint density at radius 3 is 2.59 bits per heavy atom. The molecule has 144 valence electrons. The second-order valence-corrected chi connectivity index (χ2v) is 7.34. The van der Waals surface area contributed by atoms with E-state index in [2.05, 4.69) is 36.2 Å². The number of benzene rings is 2. The van der Waals surface area contributed by atoms with Gasteiger partial charge in [0.25, 0.3) is 0 Å². The van der Waals surface area contributed by atoms with Crippen LogP contribution in [-0.4, -0.2) is 26.7 Å². The summed E-state index contributed by atoms with van der Waals surface area (Å²) in [7, 11) is 3.73. The number of likely N-dealkylation sites (N-methyl/N-ethyl adjacent to an activating group) is 1. The number of fused-ring (bicyclic) bond motifs is 3. The average Bonchev–Trinajstić information content (AvgIpc) is 3.17. The van der Waals surface area contributed by atoms with E-state index in [0.29, 0.717) is 5.57 Å². The smallest absolute Gasteiger partial charge is 0.339 e. The normalized spacial score (nSPS) is 22.6. The third-order valence-electron chi connectivity index (χ3n) is 5.99. The molecule has 0 saturated heterocycles. The van der Waals surface area contributed by atoms with Crippen LogP contribution in [0.3, 0.4) is 0 Å². The van der Waals surface area contributed by atoms with E-state index in [9.17, 15) is 4.79 Å². The fourth-order valence-corrected chi connectivity index (χ4v) is 4.64. The van der Waals surface area contributed by atoms with E-state index in [1.807, 2.05) is 54.6 Å². The average molecular weight is 383 g/mol. The zero-order valence-corrected chi connectivity index (χ0v) is 16.4. The summed E-state index contributed by atoms with van der Waals surface area (Å²) in [4.78, 5) is 15.0. The van der Waals surface area contributed by atoms with Crippen LogP contribution >= 0.6 is 0 Å². The molecule has 4 heteroatoms. The van der Waals surface area contributed by atoms with Gasteiger partial charge in [-0.25, -0.2) is 4.79 Å². The van der Waals surface area contributed by atoms with Crippen molar-refractivity contribution in [1.82, 2.24) is 0 Å². The van der Waals surface area contributed by atoms with E-state index >= 15 is 0 Å². The highest BCUT2D eigenvalue weighted by Crippen LogP contribution is 2.55. The van der Waals surface area contributed by atoms with Crippen LogP contribution in [0.1, 0.15) is 11.1 Å². The maximum atomic E-state index is 12.8. The highest BCUT2D eigenvalue weighted by Gasteiger charge is 2.51. The molecule has 2 aliphatic heterocycles. The molecule has 2 aromatic carbocycles. The number of esters is 1. The molecule has 0 spiro atoms. The molecule has 29 heavy (non-hydrogen) atoms.